The zero-order valence-electron chi connectivity index (χ0n) is 16.6. The highest BCUT2D eigenvalue weighted by atomic mass is 79.9. The molecule has 5 nitrogen and oxygen atoms in total. The summed E-state index contributed by atoms with van der Waals surface area (Å²) in [7, 11) is 3.28. The van der Waals surface area contributed by atoms with Crippen LogP contribution in [0.4, 0.5) is 0 Å². The maximum atomic E-state index is 6.47. The van der Waals surface area contributed by atoms with Crippen LogP contribution in [0.2, 0.25) is 0 Å². The minimum atomic E-state index is -0.397. The summed E-state index contributed by atoms with van der Waals surface area (Å²) in [5.74, 6) is 0. The molecule has 148 valence electrons. The second-order valence-corrected chi connectivity index (χ2v) is 8.06. The smallest absolute Gasteiger partial charge is 0.147 e. The van der Waals surface area contributed by atoms with Gasteiger partial charge in [0.2, 0.25) is 0 Å². The van der Waals surface area contributed by atoms with Crippen LogP contribution < -0.4 is 0 Å². The Kier molecular flexibility index (Phi) is 10.1. The van der Waals surface area contributed by atoms with Crippen molar-refractivity contribution in [2.75, 3.05) is 33.1 Å². The molecular weight excluding hydrogens is 388 g/mol. The Hall–Kier alpha value is 0.0200. The van der Waals surface area contributed by atoms with Crippen LogP contribution in [-0.2, 0) is 23.7 Å². The zero-order chi connectivity index (χ0) is 18.9. The monoisotopic (exact) mass is 422 g/mol. The Morgan fingerprint density at radius 3 is 2.60 bits per heavy atom. The highest BCUT2D eigenvalue weighted by molar-refractivity contribution is 9.09. The fourth-order valence-corrected chi connectivity index (χ4v) is 3.75. The third-order valence-electron chi connectivity index (χ3n) is 4.93. The second-order valence-electron chi connectivity index (χ2n) is 7.42. The van der Waals surface area contributed by atoms with E-state index in [2.05, 4.69) is 49.7 Å². The second kappa shape index (κ2) is 11.0. The van der Waals surface area contributed by atoms with Gasteiger partial charge in [-0.15, -0.1) is 0 Å². The fourth-order valence-electron chi connectivity index (χ4n) is 3.20. The number of allylic oxidation sites excluding steroid dienone is 2. The first-order valence-corrected chi connectivity index (χ1v) is 10.0. The van der Waals surface area contributed by atoms with Crippen molar-refractivity contribution >= 4 is 15.9 Å². The van der Waals surface area contributed by atoms with Gasteiger partial charge in [-0.25, -0.2) is 0 Å². The van der Waals surface area contributed by atoms with E-state index in [-0.39, 0.29) is 31.4 Å². The van der Waals surface area contributed by atoms with Gasteiger partial charge in [-0.2, -0.15) is 0 Å². The molecule has 0 aromatic heterocycles. The molecule has 0 aromatic rings. The molecule has 0 radical (unpaired) electrons. The molecule has 0 spiro atoms. The van der Waals surface area contributed by atoms with E-state index < -0.39 is 5.60 Å². The first-order chi connectivity index (χ1) is 11.8. The quantitative estimate of drug-likeness (QED) is 0.264. The Labute approximate surface area is 161 Å². The molecule has 1 rings (SSSR count). The predicted octanol–water partition coefficient (Wildman–Crippen LogP) is 4.43. The number of methoxy groups -OCH3 is 2. The summed E-state index contributed by atoms with van der Waals surface area (Å²) in [6.07, 6.45) is 5.95. The summed E-state index contributed by atoms with van der Waals surface area (Å²) < 4.78 is 28.5. The van der Waals surface area contributed by atoms with Crippen LogP contribution >= 0.6 is 15.9 Å². The molecule has 1 fully saturated rings. The molecule has 1 aliphatic rings. The van der Waals surface area contributed by atoms with Gasteiger partial charge in [0.15, 0.2) is 0 Å². The van der Waals surface area contributed by atoms with Crippen molar-refractivity contribution in [3.05, 3.63) is 11.6 Å². The molecule has 1 heterocycles. The van der Waals surface area contributed by atoms with E-state index in [1.807, 2.05) is 0 Å². The molecule has 1 saturated heterocycles. The standard InChI is InChI=1S/C19H35BrO5/c1-15(10-12-20)7-8-17(23-13-21-5)19(4)11-9-16(25-19)18(2,3)24-14-22-6/h10,16-17H,7-9,11-14H2,1-6H3/b15-10+/t16-,17-,19+/m1/s1. The number of hydrogen-bond donors (Lipinski definition) is 0. The van der Waals surface area contributed by atoms with Crippen LogP contribution in [0.3, 0.4) is 0 Å². The van der Waals surface area contributed by atoms with E-state index >= 15 is 0 Å². The first-order valence-electron chi connectivity index (χ1n) is 8.92. The van der Waals surface area contributed by atoms with Gasteiger partial charge in [0.25, 0.3) is 0 Å². The van der Waals surface area contributed by atoms with Crippen LogP contribution in [0.5, 0.6) is 0 Å². The third-order valence-corrected chi connectivity index (χ3v) is 5.26. The number of ether oxygens (including phenoxy) is 5. The normalized spacial score (nSPS) is 26.2. The van der Waals surface area contributed by atoms with Gasteiger partial charge < -0.3 is 23.7 Å². The van der Waals surface area contributed by atoms with E-state index in [0.29, 0.717) is 0 Å². The van der Waals surface area contributed by atoms with Crippen LogP contribution in [-0.4, -0.2) is 56.5 Å². The lowest BCUT2D eigenvalue weighted by Crippen LogP contribution is -2.46. The fraction of sp³-hybridized carbons (Fsp3) is 0.895. The highest BCUT2D eigenvalue weighted by Gasteiger charge is 2.48. The number of alkyl halides is 1. The lowest BCUT2D eigenvalue weighted by Gasteiger charge is -2.37. The Morgan fingerprint density at radius 2 is 2.00 bits per heavy atom. The topological polar surface area (TPSA) is 46.2 Å². The van der Waals surface area contributed by atoms with Crippen molar-refractivity contribution < 1.29 is 23.7 Å². The SMILES string of the molecule is COCO[C@H](CC/C(C)=C/CBr)[C@]1(C)CC[C@H](C(C)(C)OCOC)O1. The van der Waals surface area contributed by atoms with E-state index in [4.69, 9.17) is 23.7 Å². The maximum absolute atomic E-state index is 6.47. The maximum Gasteiger partial charge on any atom is 0.147 e. The van der Waals surface area contributed by atoms with Crippen molar-refractivity contribution in [2.45, 2.75) is 76.8 Å². The summed E-state index contributed by atoms with van der Waals surface area (Å²) >= 11 is 3.45. The Bertz CT molecular complexity index is 413. The largest absolute Gasteiger partial charge is 0.366 e. The molecule has 25 heavy (non-hydrogen) atoms. The van der Waals surface area contributed by atoms with Crippen LogP contribution in [0, 0.1) is 0 Å². The van der Waals surface area contributed by atoms with Gasteiger partial charge in [-0.3, -0.25) is 0 Å². The number of rotatable bonds is 12. The van der Waals surface area contributed by atoms with Gasteiger partial charge in [-0.05, 0) is 53.4 Å². The van der Waals surface area contributed by atoms with Gasteiger partial charge in [0, 0.05) is 19.5 Å². The Morgan fingerprint density at radius 1 is 1.32 bits per heavy atom. The molecule has 0 aliphatic carbocycles. The summed E-state index contributed by atoms with van der Waals surface area (Å²) in [5.41, 5.74) is 0.613. The van der Waals surface area contributed by atoms with Crippen molar-refractivity contribution in [1.82, 2.24) is 0 Å². The molecule has 1 aliphatic heterocycles. The van der Waals surface area contributed by atoms with Gasteiger partial charge in [0.1, 0.15) is 13.6 Å². The third kappa shape index (κ3) is 7.27. The van der Waals surface area contributed by atoms with Crippen molar-refractivity contribution in [3.63, 3.8) is 0 Å². The number of halogens is 1. The summed E-state index contributed by atoms with van der Waals surface area (Å²) in [6.45, 7) is 8.94. The highest BCUT2D eigenvalue weighted by Crippen LogP contribution is 2.41. The average molecular weight is 423 g/mol. The van der Waals surface area contributed by atoms with Crippen molar-refractivity contribution in [2.24, 2.45) is 0 Å². The van der Waals surface area contributed by atoms with E-state index in [9.17, 15) is 0 Å². The molecule has 6 heteroatoms. The lowest BCUT2D eigenvalue weighted by atomic mass is 9.90. The summed E-state index contributed by atoms with van der Waals surface area (Å²) in [4.78, 5) is 0. The van der Waals surface area contributed by atoms with Gasteiger partial charge >= 0.3 is 0 Å². The predicted molar refractivity (Wildman–Crippen MR) is 103 cm³/mol. The van der Waals surface area contributed by atoms with Crippen LogP contribution in [0.1, 0.15) is 53.4 Å². The van der Waals surface area contributed by atoms with Crippen molar-refractivity contribution in [1.29, 1.82) is 0 Å². The molecule has 0 saturated carbocycles. The molecule has 0 aromatic carbocycles. The molecule has 3 atom stereocenters. The average Bonchev–Trinajstić information content (AvgIpc) is 2.97. The molecule has 0 unspecified atom stereocenters. The van der Waals surface area contributed by atoms with E-state index in [0.717, 1.165) is 31.0 Å². The Balaban J connectivity index is 2.74. The van der Waals surface area contributed by atoms with Crippen molar-refractivity contribution in [3.8, 4) is 0 Å². The van der Waals surface area contributed by atoms with Crippen LogP contribution in [0.25, 0.3) is 0 Å². The van der Waals surface area contributed by atoms with Gasteiger partial charge in [0.05, 0.1) is 23.4 Å². The first kappa shape index (κ1) is 23.1. The van der Waals surface area contributed by atoms with Gasteiger partial charge in [-0.1, -0.05) is 27.6 Å². The van der Waals surface area contributed by atoms with E-state index in [1.54, 1.807) is 14.2 Å². The van der Waals surface area contributed by atoms with Crippen LogP contribution in [0.15, 0.2) is 11.6 Å². The minimum absolute atomic E-state index is 0.0143. The molecule has 0 amide bonds. The number of hydrogen-bond acceptors (Lipinski definition) is 5. The lowest BCUT2D eigenvalue weighted by molar-refractivity contribution is -0.212. The summed E-state index contributed by atoms with van der Waals surface area (Å²) in [5, 5.41) is 0.878. The zero-order valence-corrected chi connectivity index (χ0v) is 18.2. The van der Waals surface area contributed by atoms with E-state index in [1.165, 1.54) is 5.57 Å². The minimum Gasteiger partial charge on any atom is -0.366 e. The molecule has 0 N–H and O–H groups in total. The molecule has 0 bridgehead atoms. The summed E-state index contributed by atoms with van der Waals surface area (Å²) in [6, 6.07) is 0. The molecular formula is C19H35BrO5.